The number of ether oxygens (including phenoxy) is 4. The van der Waals surface area contributed by atoms with Crippen molar-refractivity contribution in [3.8, 4) is 5.75 Å². The maximum atomic E-state index is 11.1. The fourth-order valence-corrected chi connectivity index (χ4v) is 5.60. The fraction of sp³-hybridized carbons (Fsp3) is 0.455. The monoisotopic (exact) mass is 564 g/mol. The minimum absolute atomic E-state index is 0.0298. The first kappa shape index (κ1) is 28.5. The van der Waals surface area contributed by atoms with Crippen molar-refractivity contribution in [3.05, 3.63) is 30.6 Å². The Bertz CT molecular complexity index is 1250. The van der Waals surface area contributed by atoms with E-state index in [1.165, 1.54) is 32.1 Å². The number of fused-ring (bicyclic) bond motifs is 1. The molecule has 3 heterocycles. The van der Waals surface area contributed by atoms with Crippen LogP contribution in [0.15, 0.2) is 40.6 Å². The molecule has 0 bridgehead atoms. The van der Waals surface area contributed by atoms with Gasteiger partial charge in [-0.25, -0.2) is 15.0 Å². The molecule has 2 aromatic heterocycles. The first-order chi connectivity index (χ1) is 18.2. The van der Waals surface area contributed by atoms with Gasteiger partial charge in [-0.1, -0.05) is 11.8 Å². The summed E-state index contributed by atoms with van der Waals surface area (Å²) in [4.78, 5) is 25.3. The molecular weight excluding hydrogens is 536 g/mol. The molecular formula is C22H28BN5O8PS+. The van der Waals surface area contributed by atoms with E-state index >= 15 is 0 Å². The Labute approximate surface area is 225 Å². The highest BCUT2D eigenvalue weighted by molar-refractivity contribution is 7.99. The maximum absolute atomic E-state index is 11.1. The van der Waals surface area contributed by atoms with E-state index < -0.39 is 39.0 Å². The molecule has 0 saturated carbocycles. The number of benzene rings is 1. The zero-order chi connectivity index (χ0) is 27.3. The number of anilines is 1. The van der Waals surface area contributed by atoms with Gasteiger partial charge in [0.2, 0.25) is 6.79 Å². The highest BCUT2D eigenvalue weighted by Crippen LogP contribution is 2.58. The third-order valence-corrected chi connectivity index (χ3v) is 7.85. The van der Waals surface area contributed by atoms with Gasteiger partial charge in [-0.3, -0.25) is 9.36 Å². The summed E-state index contributed by atoms with van der Waals surface area (Å²) in [6, 6.07) is 7.53. The van der Waals surface area contributed by atoms with Crippen LogP contribution in [0.2, 0.25) is 0 Å². The first-order valence-corrected chi connectivity index (χ1v) is 13.9. The molecule has 38 heavy (non-hydrogen) atoms. The highest BCUT2D eigenvalue weighted by Gasteiger charge is 2.44. The van der Waals surface area contributed by atoms with E-state index in [4.69, 9.17) is 50.8 Å². The van der Waals surface area contributed by atoms with E-state index in [0.717, 1.165) is 10.6 Å². The van der Waals surface area contributed by atoms with Crippen LogP contribution in [-0.4, -0.2) is 79.5 Å². The van der Waals surface area contributed by atoms with Crippen molar-refractivity contribution in [2.24, 2.45) is 0 Å². The number of carbonyl (C=O) groups excluding carboxylic acids is 1. The summed E-state index contributed by atoms with van der Waals surface area (Å²) in [5.41, 5.74) is 7.01. The summed E-state index contributed by atoms with van der Waals surface area (Å²) in [6.45, 7) is 2.60. The van der Waals surface area contributed by atoms with E-state index in [-0.39, 0.29) is 19.0 Å². The van der Waals surface area contributed by atoms with Gasteiger partial charge in [0.05, 0.1) is 13.2 Å². The molecule has 4 rings (SSSR count). The molecule has 0 aliphatic carbocycles. The number of nitrogens with zero attached hydrogens (tertiary/aromatic N) is 4. The van der Waals surface area contributed by atoms with Crippen molar-refractivity contribution >= 4 is 50.1 Å². The molecule has 1 saturated heterocycles. The molecule has 202 valence electrons. The molecule has 1 fully saturated rings. The summed E-state index contributed by atoms with van der Waals surface area (Å²) >= 11 is 1.38. The van der Waals surface area contributed by atoms with E-state index in [1.54, 1.807) is 18.6 Å². The summed E-state index contributed by atoms with van der Waals surface area (Å²) in [7, 11) is 6.02. The molecule has 1 unspecified atom stereocenters. The van der Waals surface area contributed by atoms with Crippen LogP contribution in [0.3, 0.4) is 0 Å². The van der Waals surface area contributed by atoms with E-state index in [9.17, 15) is 4.79 Å². The van der Waals surface area contributed by atoms with Crippen molar-refractivity contribution in [3.63, 3.8) is 0 Å². The number of nitrogens with two attached hydrogens (primary N) is 1. The van der Waals surface area contributed by atoms with Gasteiger partial charge in [-0.05, 0) is 31.2 Å². The Morgan fingerprint density at radius 3 is 2.66 bits per heavy atom. The van der Waals surface area contributed by atoms with Crippen LogP contribution in [0.25, 0.3) is 11.2 Å². The van der Waals surface area contributed by atoms with Gasteiger partial charge >= 0.3 is 21.4 Å². The summed E-state index contributed by atoms with van der Waals surface area (Å²) in [6.07, 6.45) is -0.617. The molecule has 1 aromatic carbocycles. The minimum atomic E-state index is -3.37. The van der Waals surface area contributed by atoms with Crippen LogP contribution < -0.4 is 10.5 Å². The largest absolute Gasteiger partial charge is 0.497 e. The quantitative estimate of drug-likeness (QED) is 0.185. The topological polar surface area (TPSA) is 151 Å². The van der Waals surface area contributed by atoms with Crippen molar-refractivity contribution < 1.29 is 37.3 Å². The second kappa shape index (κ2) is 12.6. The normalized spacial score (nSPS) is 24.4. The van der Waals surface area contributed by atoms with E-state index in [2.05, 4.69) is 9.97 Å². The average molecular weight is 564 g/mol. The molecule has 3 aromatic rings. The van der Waals surface area contributed by atoms with Gasteiger partial charge in [-0.2, -0.15) is 13.6 Å². The number of nitrogen functional groups attached to an aromatic ring is 1. The van der Waals surface area contributed by atoms with Gasteiger partial charge in [0, 0.05) is 18.9 Å². The lowest BCUT2D eigenvalue weighted by molar-refractivity contribution is -0.148. The number of carbonyl (C=O) groups is 1. The van der Waals surface area contributed by atoms with Gasteiger partial charge in [-0.15, -0.1) is 0 Å². The fourth-order valence-electron chi connectivity index (χ4n) is 3.50. The van der Waals surface area contributed by atoms with Gasteiger partial charge in [0.15, 0.2) is 28.4 Å². The van der Waals surface area contributed by atoms with Crippen molar-refractivity contribution in [2.75, 3.05) is 40.0 Å². The second-order valence-corrected chi connectivity index (χ2v) is 11.0. The van der Waals surface area contributed by atoms with Crippen LogP contribution in [0.4, 0.5) is 5.82 Å². The molecule has 0 spiro atoms. The van der Waals surface area contributed by atoms with Gasteiger partial charge in [0.1, 0.15) is 31.4 Å². The minimum Gasteiger partial charge on any atom is -0.497 e. The summed E-state index contributed by atoms with van der Waals surface area (Å²) in [5, 5.41) is 0.539. The third-order valence-electron chi connectivity index (χ3n) is 5.39. The molecule has 16 heteroatoms. The standard InChI is InChI=1S/C22H28BN5O8PS/c1-13-9-33-37(23,35-12-32-14(2)29)34-10-17(31-4)21(36-13)28-20-18(19(24)25-11-26-20)27-22(28)38-16-7-5-15(30-3)6-8-16/h5-8,11,13,17,21H,9-10,12H2,1-4H3,(H2,24,25,26)/q+1/t13-,17-,21+,37?/m0/s1. The lowest BCUT2D eigenvalue weighted by Gasteiger charge is -2.29. The van der Waals surface area contributed by atoms with Gasteiger partial charge in [0.25, 0.3) is 0 Å². The Hall–Kier alpha value is -2.52. The highest BCUT2D eigenvalue weighted by atomic mass is 32.2. The first-order valence-electron chi connectivity index (χ1n) is 11.5. The maximum Gasteiger partial charge on any atom is 0.488 e. The number of hydrogen-bond donors (Lipinski definition) is 1. The lowest BCUT2D eigenvalue weighted by Crippen LogP contribution is -2.34. The van der Waals surface area contributed by atoms with Crippen LogP contribution >= 0.6 is 19.6 Å². The van der Waals surface area contributed by atoms with Crippen molar-refractivity contribution in [1.82, 2.24) is 19.5 Å². The molecule has 4 atom stereocenters. The Morgan fingerprint density at radius 1 is 1.24 bits per heavy atom. The zero-order valence-corrected chi connectivity index (χ0v) is 23.0. The molecule has 2 N–H and O–H groups in total. The summed E-state index contributed by atoms with van der Waals surface area (Å²) in [5.74, 6) is 0.427. The van der Waals surface area contributed by atoms with E-state index in [0.29, 0.717) is 16.3 Å². The molecule has 1 aliphatic rings. The average Bonchev–Trinajstić information content (AvgIpc) is 3.28. The van der Waals surface area contributed by atoms with Crippen molar-refractivity contribution in [2.45, 2.75) is 42.3 Å². The number of rotatable bonds is 8. The Kier molecular flexibility index (Phi) is 9.42. The number of aromatic nitrogens is 4. The lowest BCUT2D eigenvalue weighted by atomic mass is 10.3. The number of methoxy groups -OCH3 is 2. The SMILES string of the molecule is [B][P+]1(OCOC(C)=O)OC[C@H](OC)[C@H](n2c(Sc3ccc(OC)cc3)nc3c(N)ncnc32)O[C@@H](C)CO1. The van der Waals surface area contributed by atoms with Crippen molar-refractivity contribution in [1.29, 1.82) is 0 Å². The molecule has 13 nitrogen and oxygen atoms in total. The van der Waals surface area contributed by atoms with Crippen LogP contribution in [-0.2, 0) is 32.6 Å². The molecule has 2 radical (unpaired) electrons. The number of hydrogen-bond acceptors (Lipinski definition) is 13. The van der Waals surface area contributed by atoms with E-state index in [1.807, 2.05) is 24.3 Å². The van der Waals surface area contributed by atoms with Crippen LogP contribution in [0.5, 0.6) is 5.75 Å². The summed E-state index contributed by atoms with van der Waals surface area (Å²) < 4.78 is 41.1. The van der Waals surface area contributed by atoms with Crippen LogP contribution in [0, 0.1) is 0 Å². The van der Waals surface area contributed by atoms with Crippen LogP contribution in [0.1, 0.15) is 20.1 Å². The third kappa shape index (κ3) is 6.73. The molecule has 1 aliphatic heterocycles. The Balaban J connectivity index is 1.70. The predicted octanol–water partition coefficient (Wildman–Crippen LogP) is 2.92. The molecule has 0 amide bonds. The Morgan fingerprint density at radius 2 is 1.97 bits per heavy atom. The number of imidazole rings is 1. The number of esters is 1. The zero-order valence-electron chi connectivity index (χ0n) is 21.3. The van der Waals surface area contributed by atoms with Gasteiger partial charge < -0.3 is 24.7 Å². The predicted molar refractivity (Wildman–Crippen MR) is 140 cm³/mol. The second-order valence-electron chi connectivity index (χ2n) is 8.10. The smallest absolute Gasteiger partial charge is 0.488 e.